The zero-order valence-corrected chi connectivity index (χ0v) is 22.2. The molecule has 2 aromatic heterocycles. The van der Waals surface area contributed by atoms with E-state index < -0.39 is 34.9 Å². The summed E-state index contributed by atoms with van der Waals surface area (Å²) >= 11 is 3.70. The van der Waals surface area contributed by atoms with E-state index in [0.717, 1.165) is 21.9 Å². The zero-order valence-electron chi connectivity index (χ0n) is 17.7. The summed E-state index contributed by atoms with van der Waals surface area (Å²) in [4.78, 5) is 50.6. The number of oxime groups is 1. The van der Waals surface area contributed by atoms with Gasteiger partial charge in [0.2, 0.25) is 0 Å². The molecule has 0 aromatic carbocycles. The van der Waals surface area contributed by atoms with Crippen molar-refractivity contribution in [3.8, 4) is 0 Å². The van der Waals surface area contributed by atoms with Gasteiger partial charge in [-0.25, -0.2) is 15.0 Å². The van der Waals surface area contributed by atoms with Gasteiger partial charge < -0.3 is 26.2 Å². The second kappa shape index (κ2) is 11.5. The van der Waals surface area contributed by atoms with E-state index in [4.69, 9.17) is 5.73 Å². The molecule has 2 aliphatic rings. The number of hydrogen-bond donors (Lipinski definition) is 3. The van der Waals surface area contributed by atoms with Gasteiger partial charge in [0.1, 0.15) is 23.4 Å². The number of aryl methyl sites for hydroxylation is 1. The van der Waals surface area contributed by atoms with Gasteiger partial charge in [0.05, 0.1) is 11.7 Å². The fraction of sp³-hybridized carbons (Fsp3) is 0.278. The minimum Gasteiger partial charge on any atom is -0.543 e. The number of hydrogen-bond acceptors (Lipinski definition) is 13. The summed E-state index contributed by atoms with van der Waals surface area (Å²) in [6, 6.07) is 0.785. The molecule has 172 valence electrons. The fourth-order valence-electron chi connectivity index (χ4n) is 3.26. The number of carbonyl (C=O) groups excluding carboxylic acids is 3. The number of rotatable bonds is 8. The molecule has 1 saturated heterocycles. The molecule has 0 unspecified atom stereocenters. The Bertz CT molecular complexity index is 1160. The maximum absolute atomic E-state index is 12.7. The number of nitrogens with two attached hydrogens (primary N) is 1. The monoisotopic (exact) mass is 529 g/mol. The molecule has 0 radical (unpaired) electrons. The number of nitrogens with zero attached hydrogens (tertiary/aromatic N) is 5. The number of carboxylic acids is 1. The van der Waals surface area contributed by atoms with E-state index in [1.165, 1.54) is 35.2 Å². The third-order valence-corrected chi connectivity index (χ3v) is 8.00. The molecule has 2 atom stereocenters. The van der Waals surface area contributed by atoms with Crippen molar-refractivity contribution in [3.63, 3.8) is 0 Å². The van der Waals surface area contributed by atoms with Crippen LogP contribution >= 0.6 is 34.9 Å². The average Bonchev–Trinajstić information content (AvgIpc) is 3.23. The average molecular weight is 530 g/mol. The number of thiazole rings is 1. The number of amides is 2. The second-order valence-electron chi connectivity index (χ2n) is 6.74. The van der Waals surface area contributed by atoms with Gasteiger partial charge in [0.15, 0.2) is 10.8 Å². The molecule has 0 bridgehead atoms. The summed E-state index contributed by atoms with van der Waals surface area (Å²) < 4.78 is 0. The van der Waals surface area contributed by atoms with Crippen LogP contribution in [-0.2, 0) is 20.8 Å². The van der Waals surface area contributed by atoms with Crippen molar-refractivity contribution in [3.05, 3.63) is 46.0 Å². The summed E-state index contributed by atoms with van der Waals surface area (Å²) in [6.45, 7) is 0. The third kappa shape index (κ3) is 5.39. The largest absolute Gasteiger partial charge is 1.00 e. The van der Waals surface area contributed by atoms with E-state index in [-0.39, 0.29) is 46.1 Å². The number of nitrogen functional groups attached to an aromatic ring is 1. The maximum atomic E-state index is 12.7. The summed E-state index contributed by atoms with van der Waals surface area (Å²) in [5, 5.41) is 27.5. The first-order valence-electron chi connectivity index (χ1n) is 9.42. The molecule has 2 aromatic rings. The Morgan fingerprint density at radius 3 is 2.85 bits per heavy atom. The van der Waals surface area contributed by atoms with Crippen LogP contribution in [0.2, 0.25) is 0 Å². The Morgan fingerprint density at radius 1 is 1.44 bits per heavy atom. The summed E-state index contributed by atoms with van der Waals surface area (Å²) in [5.41, 5.74) is 5.84. The van der Waals surface area contributed by atoms with Gasteiger partial charge in [0.25, 0.3) is 11.8 Å². The summed E-state index contributed by atoms with van der Waals surface area (Å²) in [7, 11) is 0. The van der Waals surface area contributed by atoms with E-state index in [1.54, 1.807) is 12.3 Å². The van der Waals surface area contributed by atoms with E-state index >= 15 is 0 Å². The third-order valence-electron chi connectivity index (χ3n) is 4.77. The van der Waals surface area contributed by atoms with Crippen LogP contribution in [0.3, 0.4) is 0 Å². The minimum absolute atomic E-state index is 0. The number of anilines is 1. The summed E-state index contributed by atoms with van der Waals surface area (Å²) in [6.07, 6.45) is 3.67. The van der Waals surface area contributed by atoms with Crippen molar-refractivity contribution in [2.24, 2.45) is 5.16 Å². The molecule has 0 aliphatic carbocycles. The molecule has 0 spiro atoms. The smallest absolute Gasteiger partial charge is 0.543 e. The molecule has 1 fully saturated rings. The standard InChI is InChI=1S/C18H17N7O5S3.Na/c19-18-22-9(5-33-18)11(24-30)14(26)23-12-15(27)25-13(17(28)29)10(6-32-16(12)25)31-4-2-8-1-3-20-7-21-8;/h1,3,5,7,12,16,30H,2,4,6H2,(H2,19,22)(H,23,26)(H,28,29);/q;+1/p-1/b24-11-;/t12-,16-;/m1./s1. The quantitative estimate of drug-likeness (QED) is 0.0995. The van der Waals surface area contributed by atoms with Gasteiger partial charge in [-0.15, -0.1) is 34.9 Å². The maximum Gasteiger partial charge on any atom is 1.00 e. The van der Waals surface area contributed by atoms with Gasteiger partial charge in [-0.05, 0) is 12.5 Å². The van der Waals surface area contributed by atoms with Gasteiger partial charge >= 0.3 is 29.6 Å². The summed E-state index contributed by atoms with van der Waals surface area (Å²) in [5.74, 6) is -1.99. The number of carboxylic acid groups (broad SMARTS) is 1. The molecule has 2 amide bonds. The van der Waals surface area contributed by atoms with E-state index in [1.807, 2.05) is 0 Å². The first kappa shape index (κ1) is 26.4. The first-order chi connectivity index (χ1) is 15.9. The Morgan fingerprint density at radius 2 is 2.24 bits per heavy atom. The fourth-order valence-corrected chi connectivity index (χ4v) is 6.41. The Labute approximate surface area is 227 Å². The van der Waals surface area contributed by atoms with Crippen molar-refractivity contribution in [2.45, 2.75) is 17.8 Å². The van der Waals surface area contributed by atoms with Crippen LogP contribution in [0.4, 0.5) is 5.13 Å². The topological polar surface area (TPSA) is 187 Å². The van der Waals surface area contributed by atoms with Crippen LogP contribution in [0.15, 0.2) is 39.7 Å². The number of aromatic nitrogens is 3. The molecular formula is C18H16N7NaO5S3. The predicted molar refractivity (Wildman–Crippen MR) is 120 cm³/mol. The van der Waals surface area contributed by atoms with E-state index in [9.17, 15) is 24.7 Å². The Balaban J connectivity index is 0.00000324. The van der Waals surface area contributed by atoms with Gasteiger partial charge in [-0.3, -0.25) is 14.5 Å². The molecule has 4 rings (SSSR count). The van der Waals surface area contributed by atoms with Crippen molar-refractivity contribution in [2.75, 3.05) is 17.2 Å². The molecule has 2 aliphatic heterocycles. The van der Waals surface area contributed by atoms with Gasteiger partial charge in [0, 0.05) is 33.7 Å². The molecular weight excluding hydrogens is 513 g/mol. The van der Waals surface area contributed by atoms with Crippen LogP contribution in [0, 0.1) is 0 Å². The molecule has 16 heteroatoms. The van der Waals surface area contributed by atoms with E-state index in [2.05, 4.69) is 25.4 Å². The van der Waals surface area contributed by atoms with Gasteiger partial charge in [-0.1, -0.05) is 5.16 Å². The van der Waals surface area contributed by atoms with Crippen molar-refractivity contribution in [1.82, 2.24) is 25.2 Å². The normalized spacial score (nSPS) is 19.7. The Kier molecular flexibility index (Phi) is 8.95. The second-order valence-corrected chi connectivity index (χ2v) is 9.92. The number of thioether (sulfide) groups is 2. The molecule has 4 heterocycles. The van der Waals surface area contributed by atoms with Crippen molar-refractivity contribution < 1.29 is 54.3 Å². The minimum atomic E-state index is -1.46. The SMILES string of the molecule is Nc1nc(/C(=N/O)C(=O)N[C@@H]2C(=O)N3C(C(=O)[O-])=C(SCCc4ccncn4)CS[C@H]23)cs1.[Na+]. The van der Waals surface area contributed by atoms with Crippen LogP contribution in [0.5, 0.6) is 0 Å². The number of β-lactam (4-membered cyclic amide) rings is 1. The van der Waals surface area contributed by atoms with Crippen LogP contribution in [0.1, 0.15) is 11.4 Å². The molecule has 34 heavy (non-hydrogen) atoms. The van der Waals surface area contributed by atoms with Crippen LogP contribution in [-0.4, -0.2) is 71.5 Å². The van der Waals surface area contributed by atoms with Crippen molar-refractivity contribution in [1.29, 1.82) is 0 Å². The van der Waals surface area contributed by atoms with E-state index in [0.29, 0.717) is 22.8 Å². The van der Waals surface area contributed by atoms with Gasteiger partial charge in [-0.2, -0.15) is 0 Å². The van der Waals surface area contributed by atoms with Crippen LogP contribution in [0.25, 0.3) is 0 Å². The Hall–Kier alpha value is -2.17. The van der Waals surface area contributed by atoms with Crippen molar-refractivity contribution >= 4 is 63.5 Å². The number of fused-ring (bicyclic) bond motifs is 1. The molecule has 0 saturated carbocycles. The molecule has 4 N–H and O–H groups in total. The number of carbonyl (C=O) groups is 3. The first-order valence-corrected chi connectivity index (χ1v) is 12.3. The zero-order chi connectivity index (χ0) is 23.5. The van der Waals surface area contributed by atoms with Crippen LogP contribution < -0.4 is 45.7 Å². The molecule has 12 nitrogen and oxygen atoms in total. The predicted octanol–water partition coefficient (Wildman–Crippen LogP) is -3.97. The number of aliphatic carboxylic acids is 1. The number of nitrogens with one attached hydrogen (secondary N) is 1.